The van der Waals surface area contributed by atoms with Crippen molar-refractivity contribution in [2.75, 3.05) is 11.9 Å². The third-order valence-corrected chi connectivity index (χ3v) is 5.08. The van der Waals surface area contributed by atoms with Gasteiger partial charge in [-0.15, -0.1) is 0 Å². The summed E-state index contributed by atoms with van der Waals surface area (Å²) in [6.07, 6.45) is 1.94. The van der Waals surface area contributed by atoms with Crippen molar-refractivity contribution in [1.29, 1.82) is 0 Å². The number of nitrogens with zero attached hydrogens (tertiary/aromatic N) is 2. The van der Waals surface area contributed by atoms with E-state index in [1.807, 2.05) is 37.3 Å². The summed E-state index contributed by atoms with van der Waals surface area (Å²) >= 11 is 6.53. The predicted octanol–water partition coefficient (Wildman–Crippen LogP) is 3.52. The summed E-state index contributed by atoms with van der Waals surface area (Å²) < 4.78 is 5.35. The first-order valence-electron chi connectivity index (χ1n) is 7.97. The molecular weight excluding hydrogens is 370 g/mol. The summed E-state index contributed by atoms with van der Waals surface area (Å²) in [6, 6.07) is 9.51. The molecule has 0 unspecified atom stereocenters. The second-order valence-electron chi connectivity index (χ2n) is 5.87. The lowest BCUT2D eigenvalue weighted by Gasteiger charge is -2.13. The van der Waals surface area contributed by atoms with Crippen LogP contribution in [0.25, 0.3) is 6.08 Å². The zero-order valence-corrected chi connectivity index (χ0v) is 15.9. The van der Waals surface area contributed by atoms with Crippen LogP contribution in [0.15, 0.2) is 39.8 Å². The average molecular weight is 387 g/mol. The topological polar surface area (TPSA) is 75.4 Å². The molecule has 1 saturated heterocycles. The van der Waals surface area contributed by atoms with E-state index in [1.54, 1.807) is 13.0 Å². The molecule has 1 aromatic heterocycles. The lowest BCUT2D eigenvalue weighted by atomic mass is 10.1. The molecule has 1 aliphatic heterocycles. The number of aromatic nitrogens is 1. The first-order chi connectivity index (χ1) is 12.4. The number of benzene rings is 1. The largest absolute Gasteiger partial charge is 0.360 e. The number of aryl methyl sites for hydroxylation is 2. The Kier molecular flexibility index (Phi) is 5.53. The lowest BCUT2D eigenvalue weighted by Crippen LogP contribution is -2.31. The molecule has 2 aromatic rings. The van der Waals surface area contributed by atoms with Crippen LogP contribution in [0.5, 0.6) is 0 Å². The minimum absolute atomic E-state index is 0.121. The molecule has 1 aromatic carbocycles. The Morgan fingerprint density at radius 3 is 2.73 bits per heavy atom. The van der Waals surface area contributed by atoms with E-state index in [-0.39, 0.29) is 24.8 Å². The summed E-state index contributed by atoms with van der Waals surface area (Å²) in [5.41, 5.74) is 2.10. The molecule has 0 spiro atoms. The molecule has 0 atom stereocenters. The quantitative estimate of drug-likeness (QED) is 0.625. The van der Waals surface area contributed by atoms with Gasteiger partial charge in [-0.05, 0) is 25.5 Å². The first kappa shape index (κ1) is 18.3. The molecule has 0 bridgehead atoms. The highest BCUT2D eigenvalue weighted by Crippen LogP contribution is 2.32. The van der Waals surface area contributed by atoms with Crippen molar-refractivity contribution in [2.45, 2.75) is 20.3 Å². The number of anilines is 1. The molecule has 6 nitrogen and oxygen atoms in total. The van der Waals surface area contributed by atoms with Gasteiger partial charge >= 0.3 is 0 Å². The van der Waals surface area contributed by atoms with E-state index in [2.05, 4.69) is 10.5 Å². The molecule has 3 rings (SSSR count). The minimum Gasteiger partial charge on any atom is -0.360 e. The van der Waals surface area contributed by atoms with Gasteiger partial charge < -0.3 is 9.84 Å². The van der Waals surface area contributed by atoms with Crippen molar-refractivity contribution in [2.24, 2.45) is 0 Å². The zero-order chi connectivity index (χ0) is 18.7. The average Bonchev–Trinajstić information content (AvgIpc) is 3.11. The maximum atomic E-state index is 12.6. The van der Waals surface area contributed by atoms with Crippen LogP contribution in [0.3, 0.4) is 0 Å². The zero-order valence-electron chi connectivity index (χ0n) is 14.3. The highest BCUT2D eigenvalue weighted by Gasteiger charge is 2.32. The summed E-state index contributed by atoms with van der Waals surface area (Å²) in [4.78, 5) is 26.6. The molecule has 134 valence electrons. The van der Waals surface area contributed by atoms with Crippen molar-refractivity contribution in [3.63, 3.8) is 0 Å². The monoisotopic (exact) mass is 387 g/mol. The number of carbonyl (C=O) groups is 2. The van der Waals surface area contributed by atoms with Gasteiger partial charge in [0.15, 0.2) is 5.82 Å². The molecule has 26 heavy (non-hydrogen) atoms. The Labute approximate surface area is 160 Å². The van der Waals surface area contributed by atoms with Crippen LogP contribution in [-0.2, 0) is 9.59 Å². The van der Waals surface area contributed by atoms with Crippen LogP contribution in [0.2, 0.25) is 0 Å². The second kappa shape index (κ2) is 7.84. The van der Waals surface area contributed by atoms with Gasteiger partial charge in [0.2, 0.25) is 5.91 Å². The fourth-order valence-corrected chi connectivity index (χ4v) is 3.66. The van der Waals surface area contributed by atoms with Gasteiger partial charge in [-0.25, -0.2) is 0 Å². The minimum atomic E-state index is -0.255. The van der Waals surface area contributed by atoms with Gasteiger partial charge in [-0.2, -0.15) is 0 Å². The molecule has 8 heteroatoms. The summed E-state index contributed by atoms with van der Waals surface area (Å²) in [5.74, 6) is 0.538. The Balaban J connectivity index is 1.60. The molecule has 0 aliphatic carbocycles. The summed E-state index contributed by atoms with van der Waals surface area (Å²) in [7, 11) is 0. The Morgan fingerprint density at radius 1 is 1.35 bits per heavy atom. The second-order valence-corrected chi connectivity index (χ2v) is 7.54. The fraction of sp³-hybridized carbons (Fsp3) is 0.222. The molecule has 1 aliphatic rings. The van der Waals surface area contributed by atoms with Gasteiger partial charge in [0, 0.05) is 19.0 Å². The molecular formula is C18H17N3O3S2. The van der Waals surface area contributed by atoms with E-state index >= 15 is 0 Å². The first-order valence-corrected chi connectivity index (χ1v) is 9.20. The van der Waals surface area contributed by atoms with Crippen molar-refractivity contribution in [3.05, 3.63) is 52.1 Å². The lowest BCUT2D eigenvalue weighted by molar-refractivity contribution is -0.122. The van der Waals surface area contributed by atoms with Crippen LogP contribution in [0.1, 0.15) is 23.3 Å². The predicted molar refractivity (Wildman–Crippen MR) is 106 cm³/mol. The van der Waals surface area contributed by atoms with Crippen molar-refractivity contribution < 1.29 is 14.1 Å². The Hall–Kier alpha value is -2.45. The SMILES string of the molecule is Cc1ccc(/C=C2/SC(=S)N(CCC(=O)Nc3cc(C)on3)C2=O)cc1. The van der Waals surface area contributed by atoms with Crippen molar-refractivity contribution in [1.82, 2.24) is 10.1 Å². The number of hydrogen-bond donors (Lipinski definition) is 1. The number of nitrogens with one attached hydrogen (secondary N) is 1. The highest BCUT2D eigenvalue weighted by atomic mass is 32.2. The number of amides is 2. The van der Waals surface area contributed by atoms with E-state index in [0.717, 1.165) is 11.1 Å². The van der Waals surface area contributed by atoms with E-state index in [9.17, 15) is 9.59 Å². The smallest absolute Gasteiger partial charge is 0.266 e. The number of thiocarbonyl (C=S) groups is 1. The van der Waals surface area contributed by atoms with Gasteiger partial charge in [0.05, 0.1) is 4.91 Å². The molecule has 1 fully saturated rings. The van der Waals surface area contributed by atoms with Crippen LogP contribution < -0.4 is 5.32 Å². The van der Waals surface area contributed by atoms with E-state index in [1.165, 1.54) is 16.7 Å². The van der Waals surface area contributed by atoms with Gasteiger partial charge in [0.1, 0.15) is 10.1 Å². The van der Waals surface area contributed by atoms with Gasteiger partial charge in [-0.1, -0.05) is 59.0 Å². The van der Waals surface area contributed by atoms with Crippen molar-refractivity contribution >= 4 is 52.0 Å². The third kappa shape index (κ3) is 4.39. The number of carbonyl (C=O) groups excluding carboxylic acids is 2. The molecule has 0 radical (unpaired) electrons. The molecule has 1 N–H and O–H groups in total. The normalized spacial score (nSPS) is 15.8. The van der Waals surface area contributed by atoms with Crippen LogP contribution in [-0.4, -0.2) is 32.7 Å². The van der Waals surface area contributed by atoms with E-state index < -0.39 is 0 Å². The van der Waals surface area contributed by atoms with Crippen molar-refractivity contribution in [3.8, 4) is 0 Å². The maximum absolute atomic E-state index is 12.6. The van der Waals surface area contributed by atoms with E-state index in [0.29, 0.717) is 20.8 Å². The van der Waals surface area contributed by atoms with Gasteiger partial charge in [0.25, 0.3) is 5.91 Å². The fourth-order valence-electron chi connectivity index (χ4n) is 2.35. The summed E-state index contributed by atoms with van der Waals surface area (Å²) in [6.45, 7) is 3.97. The Morgan fingerprint density at radius 2 is 2.08 bits per heavy atom. The maximum Gasteiger partial charge on any atom is 0.266 e. The number of hydrogen-bond acceptors (Lipinski definition) is 6. The van der Waals surface area contributed by atoms with Crippen LogP contribution in [0, 0.1) is 13.8 Å². The standard InChI is InChI=1S/C18H17N3O3S2/c1-11-3-5-13(6-4-11)10-14-17(23)21(18(25)26-14)8-7-16(22)19-15-9-12(2)24-20-15/h3-6,9-10H,7-8H2,1-2H3,(H,19,20,22)/b14-10+. The Bertz CT molecular complexity index is 887. The third-order valence-electron chi connectivity index (χ3n) is 3.71. The number of thioether (sulfide) groups is 1. The molecule has 2 heterocycles. The van der Waals surface area contributed by atoms with E-state index in [4.69, 9.17) is 16.7 Å². The number of rotatable bonds is 5. The van der Waals surface area contributed by atoms with Crippen LogP contribution >= 0.6 is 24.0 Å². The molecule has 0 saturated carbocycles. The summed E-state index contributed by atoms with van der Waals surface area (Å²) in [5, 5.41) is 6.33. The molecule has 2 amide bonds. The van der Waals surface area contributed by atoms with Crippen LogP contribution in [0.4, 0.5) is 5.82 Å². The highest BCUT2D eigenvalue weighted by molar-refractivity contribution is 8.26. The van der Waals surface area contributed by atoms with Gasteiger partial charge in [-0.3, -0.25) is 14.5 Å².